The lowest BCUT2D eigenvalue weighted by Gasteiger charge is -2.22. The van der Waals surface area contributed by atoms with Crippen LogP contribution in [0.15, 0.2) is 0 Å². The summed E-state index contributed by atoms with van der Waals surface area (Å²) >= 11 is 0. The van der Waals surface area contributed by atoms with E-state index in [9.17, 15) is 5.11 Å². The highest BCUT2D eigenvalue weighted by molar-refractivity contribution is 4.69. The van der Waals surface area contributed by atoms with Crippen LogP contribution in [0.1, 0.15) is 32.6 Å². The highest BCUT2D eigenvalue weighted by atomic mass is 16.3. The Bertz CT molecular complexity index is 135. The summed E-state index contributed by atoms with van der Waals surface area (Å²) in [6.45, 7) is 6.19. The molecule has 1 heterocycles. The molecule has 3 heteroatoms. The second-order valence-corrected chi connectivity index (χ2v) is 4.25. The van der Waals surface area contributed by atoms with E-state index in [1.165, 1.54) is 32.4 Å². The summed E-state index contributed by atoms with van der Waals surface area (Å²) in [4.78, 5) is 0. The molecule has 3 N–H and O–H groups in total. The van der Waals surface area contributed by atoms with Crippen molar-refractivity contribution in [1.29, 1.82) is 0 Å². The maximum absolute atomic E-state index is 9.32. The molecular weight excluding hydrogens is 176 g/mol. The van der Waals surface area contributed by atoms with E-state index in [-0.39, 0.29) is 6.10 Å². The Labute approximate surface area is 87.3 Å². The highest BCUT2D eigenvalue weighted by Gasteiger charge is 2.12. The quantitative estimate of drug-likeness (QED) is 0.554. The Balaban J connectivity index is 1.92. The summed E-state index contributed by atoms with van der Waals surface area (Å²) < 4.78 is 0. The van der Waals surface area contributed by atoms with Gasteiger partial charge in [0.2, 0.25) is 0 Å². The van der Waals surface area contributed by atoms with Gasteiger partial charge in [0.15, 0.2) is 0 Å². The minimum Gasteiger partial charge on any atom is -0.392 e. The molecule has 1 aliphatic rings. The van der Waals surface area contributed by atoms with Crippen molar-refractivity contribution in [1.82, 2.24) is 10.6 Å². The van der Waals surface area contributed by atoms with Crippen molar-refractivity contribution in [3.63, 3.8) is 0 Å². The number of aliphatic hydroxyl groups is 1. The van der Waals surface area contributed by atoms with Crippen LogP contribution in [0.25, 0.3) is 0 Å². The average Bonchev–Trinajstić information content (AvgIpc) is 2.25. The zero-order valence-electron chi connectivity index (χ0n) is 9.26. The van der Waals surface area contributed by atoms with Gasteiger partial charge >= 0.3 is 0 Å². The summed E-state index contributed by atoms with van der Waals surface area (Å²) in [5.41, 5.74) is 0. The molecule has 0 aromatic rings. The molecule has 0 spiro atoms. The van der Waals surface area contributed by atoms with Crippen molar-refractivity contribution in [2.24, 2.45) is 5.92 Å². The van der Waals surface area contributed by atoms with Gasteiger partial charge < -0.3 is 15.7 Å². The van der Waals surface area contributed by atoms with Crippen LogP contribution >= 0.6 is 0 Å². The smallest absolute Gasteiger partial charge is 0.0662 e. The fourth-order valence-electron chi connectivity index (χ4n) is 1.89. The van der Waals surface area contributed by atoms with Crippen LogP contribution in [0.3, 0.4) is 0 Å². The molecule has 1 atom stereocenters. The van der Waals surface area contributed by atoms with Gasteiger partial charge in [-0.1, -0.05) is 6.92 Å². The molecule has 1 rings (SSSR count). The molecule has 1 saturated heterocycles. The lowest BCUT2D eigenvalue weighted by Crippen LogP contribution is -2.31. The topological polar surface area (TPSA) is 44.3 Å². The third-order valence-corrected chi connectivity index (χ3v) is 3.04. The molecule has 0 aromatic carbocycles. The van der Waals surface area contributed by atoms with Crippen LogP contribution < -0.4 is 10.6 Å². The Morgan fingerprint density at radius 2 is 2.14 bits per heavy atom. The number of hydrogen-bond acceptors (Lipinski definition) is 3. The molecule has 0 radical (unpaired) electrons. The first-order valence-electron chi connectivity index (χ1n) is 5.92. The van der Waals surface area contributed by atoms with Gasteiger partial charge in [0.25, 0.3) is 0 Å². The number of rotatable bonds is 6. The maximum atomic E-state index is 9.32. The van der Waals surface area contributed by atoms with E-state index in [2.05, 4.69) is 10.6 Å². The van der Waals surface area contributed by atoms with Gasteiger partial charge in [-0.05, 0) is 51.2 Å². The first kappa shape index (κ1) is 12.0. The molecule has 3 nitrogen and oxygen atoms in total. The number of nitrogens with one attached hydrogen (secondary N) is 2. The number of aliphatic hydroxyl groups excluding tert-OH is 1. The summed E-state index contributed by atoms with van der Waals surface area (Å²) in [5, 5.41) is 16.0. The van der Waals surface area contributed by atoms with E-state index < -0.39 is 0 Å². The third-order valence-electron chi connectivity index (χ3n) is 3.04. The van der Waals surface area contributed by atoms with E-state index in [4.69, 9.17) is 0 Å². The Morgan fingerprint density at radius 1 is 1.43 bits per heavy atom. The summed E-state index contributed by atoms with van der Waals surface area (Å²) in [6.07, 6.45) is 4.58. The SMILES string of the molecule is CCC(O)CNCCC1CCNCC1. The normalized spacial score (nSPS) is 21.0. The van der Waals surface area contributed by atoms with Crippen molar-refractivity contribution in [3.05, 3.63) is 0 Å². The van der Waals surface area contributed by atoms with Gasteiger partial charge in [0.05, 0.1) is 6.10 Å². The molecule has 1 fully saturated rings. The van der Waals surface area contributed by atoms with Gasteiger partial charge in [-0.2, -0.15) is 0 Å². The summed E-state index contributed by atoms with van der Waals surface area (Å²) in [7, 11) is 0. The van der Waals surface area contributed by atoms with E-state index >= 15 is 0 Å². The lowest BCUT2D eigenvalue weighted by molar-refractivity contribution is 0.166. The first-order valence-corrected chi connectivity index (χ1v) is 5.92. The van der Waals surface area contributed by atoms with Crippen LogP contribution in [0.4, 0.5) is 0 Å². The molecule has 84 valence electrons. The van der Waals surface area contributed by atoms with Crippen molar-refractivity contribution < 1.29 is 5.11 Å². The standard InChI is InChI=1S/C11H24N2O/c1-2-11(14)9-13-8-5-10-3-6-12-7-4-10/h10-14H,2-9H2,1H3. The van der Waals surface area contributed by atoms with E-state index in [0.717, 1.165) is 25.4 Å². The Kier molecular flexibility index (Phi) is 6.15. The highest BCUT2D eigenvalue weighted by Crippen LogP contribution is 2.14. The zero-order valence-corrected chi connectivity index (χ0v) is 9.26. The van der Waals surface area contributed by atoms with Gasteiger partial charge in [0, 0.05) is 6.54 Å². The van der Waals surface area contributed by atoms with E-state index in [1.54, 1.807) is 0 Å². The van der Waals surface area contributed by atoms with Crippen LogP contribution in [0.2, 0.25) is 0 Å². The Morgan fingerprint density at radius 3 is 2.79 bits per heavy atom. The molecule has 0 amide bonds. The fourth-order valence-corrected chi connectivity index (χ4v) is 1.89. The van der Waals surface area contributed by atoms with Gasteiger partial charge in [-0.15, -0.1) is 0 Å². The molecule has 0 bridgehead atoms. The lowest BCUT2D eigenvalue weighted by atomic mass is 9.95. The van der Waals surface area contributed by atoms with Crippen LogP contribution in [-0.4, -0.2) is 37.4 Å². The van der Waals surface area contributed by atoms with Crippen molar-refractivity contribution in [2.45, 2.75) is 38.7 Å². The van der Waals surface area contributed by atoms with E-state index in [0.29, 0.717) is 0 Å². The minimum atomic E-state index is -0.164. The molecule has 14 heavy (non-hydrogen) atoms. The third kappa shape index (κ3) is 4.94. The number of piperidine rings is 1. The van der Waals surface area contributed by atoms with Crippen LogP contribution in [0.5, 0.6) is 0 Å². The minimum absolute atomic E-state index is 0.164. The molecule has 1 aliphatic heterocycles. The maximum Gasteiger partial charge on any atom is 0.0662 e. The predicted octanol–water partition coefficient (Wildman–Crippen LogP) is 0.737. The summed E-state index contributed by atoms with van der Waals surface area (Å²) in [6, 6.07) is 0. The predicted molar refractivity (Wildman–Crippen MR) is 59.4 cm³/mol. The zero-order chi connectivity index (χ0) is 10.2. The van der Waals surface area contributed by atoms with Gasteiger partial charge in [-0.25, -0.2) is 0 Å². The monoisotopic (exact) mass is 200 g/mol. The van der Waals surface area contributed by atoms with E-state index in [1.807, 2.05) is 6.92 Å². The molecule has 0 aromatic heterocycles. The first-order chi connectivity index (χ1) is 6.83. The van der Waals surface area contributed by atoms with Crippen LogP contribution in [-0.2, 0) is 0 Å². The van der Waals surface area contributed by atoms with Crippen LogP contribution in [0, 0.1) is 5.92 Å². The molecule has 0 aliphatic carbocycles. The van der Waals surface area contributed by atoms with Crippen molar-refractivity contribution in [2.75, 3.05) is 26.2 Å². The largest absolute Gasteiger partial charge is 0.392 e. The fraction of sp³-hybridized carbons (Fsp3) is 1.00. The Hall–Kier alpha value is -0.120. The van der Waals surface area contributed by atoms with Gasteiger partial charge in [0.1, 0.15) is 0 Å². The second-order valence-electron chi connectivity index (χ2n) is 4.25. The average molecular weight is 200 g/mol. The van der Waals surface area contributed by atoms with Crippen molar-refractivity contribution in [3.8, 4) is 0 Å². The molecule has 0 saturated carbocycles. The molecule has 1 unspecified atom stereocenters. The summed E-state index contributed by atoms with van der Waals surface area (Å²) in [5.74, 6) is 0.891. The second kappa shape index (κ2) is 7.21. The van der Waals surface area contributed by atoms with Gasteiger partial charge in [-0.3, -0.25) is 0 Å². The van der Waals surface area contributed by atoms with Crippen molar-refractivity contribution >= 4 is 0 Å². The molecular formula is C11H24N2O. The number of hydrogen-bond donors (Lipinski definition) is 3.